The molecule has 4 aromatic rings. The van der Waals surface area contributed by atoms with Crippen molar-refractivity contribution in [1.82, 2.24) is 9.55 Å². The minimum absolute atomic E-state index is 0.0963. The zero-order valence-electron chi connectivity index (χ0n) is 13.8. The lowest BCUT2D eigenvalue weighted by atomic mass is 10.2. The first-order valence-corrected chi connectivity index (χ1v) is 9.16. The molecule has 10 heteroatoms. The zero-order chi connectivity index (χ0) is 19.7. The summed E-state index contributed by atoms with van der Waals surface area (Å²) in [6, 6.07) is 9.76. The Labute approximate surface area is 169 Å². The normalized spacial score (nSPS) is 10.6. The van der Waals surface area contributed by atoms with E-state index in [0.717, 1.165) is 26.3 Å². The smallest absolute Gasteiger partial charge is 0.271 e. The molecule has 138 valence electrons. The molecule has 0 amide bonds. The third-order valence-electron chi connectivity index (χ3n) is 3.93. The van der Waals surface area contributed by atoms with Gasteiger partial charge in [0.2, 0.25) is 0 Å². The molecular formula is C17H12Br2N4O4. The van der Waals surface area contributed by atoms with E-state index in [0.29, 0.717) is 4.47 Å². The molecule has 0 aliphatic carbocycles. The number of benzene rings is 2. The van der Waals surface area contributed by atoms with Gasteiger partial charge in [-0.15, -0.1) is 0 Å². The summed E-state index contributed by atoms with van der Waals surface area (Å²) in [5, 5.41) is 22.8. The van der Waals surface area contributed by atoms with Crippen molar-refractivity contribution in [3.8, 4) is 0 Å². The van der Waals surface area contributed by atoms with Gasteiger partial charge in [-0.05, 0) is 44.0 Å². The molecule has 0 bridgehead atoms. The van der Waals surface area contributed by atoms with Gasteiger partial charge in [0.25, 0.3) is 11.4 Å². The van der Waals surface area contributed by atoms with E-state index < -0.39 is 9.85 Å². The van der Waals surface area contributed by atoms with Gasteiger partial charge in [-0.1, -0.05) is 0 Å². The summed E-state index contributed by atoms with van der Waals surface area (Å²) in [6.07, 6.45) is 3.62. The lowest BCUT2D eigenvalue weighted by Gasteiger charge is -1.99. The molecule has 0 radical (unpaired) electrons. The van der Waals surface area contributed by atoms with E-state index in [1.807, 2.05) is 23.9 Å². The van der Waals surface area contributed by atoms with E-state index in [2.05, 4.69) is 36.8 Å². The van der Waals surface area contributed by atoms with E-state index >= 15 is 0 Å². The van der Waals surface area contributed by atoms with E-state index in [1.165, 1.54) is 18.2 Å². The summed E-state index contributed by atoms with van der Waals surface area (Å²) in [5.41, 5.74) is 2.05. The van der Waals surface area contributed by atoms with Crippen LogP contribution in [0.25, 0.3) is 21.8 Å². The molecule has 8 nitrogen and oxygen atoms in total. The predicted molar refractivity (Wildman–Crippen MR) is 110 cm³/mol. The first-order chi connectivity index (χ1) is 12.8. The predicted octanol–water partition coefficient (Wildman–Crippen LogP) is 5.69. The molecule has 2 aromatic heterocycles. The molecule has 0 aliphatic heterocycles. The number of halogens is 2. The fourth-order valence-electron chi connectivity index (χ4n) is 2.69. The van der Waals surface area contributed by atoms with E-state index in [9.17, 15) is 20.2 Å². The maximum atomic E-state index is 10.6. The molecule has 1 N–H and O–H groups in total. The zero-order valence-corrected chi connectivity index (χ0v) is 17.0. The average Bonchev–Trinajstić information content (AvgIpc) is 3.22. The minimum atomic E-state index is -0.406. The Balaban J connectivity index is 0.000000156. The van der Waals surface area contributed by atoms with Crippen molar-refractivity contribution in [2.24, 2.45) is 7.05 Å². The standard InChI is InChI=1S/C9H7BrN2O2.C8H5BrN2O2/c1-11-3-2-6-4-7(12(13)14)5-8(10)9(6)11;9-7-4-6(11(12)13)3-5-1-2-10-8(5)7/h2-5H,1H3;1-4,10H. The van der Waals surface area contributed by atoms with Gasteiger partial charge in [0.15, 0.2) is 0 Å². The Morgan fingerprint density at radius 1 is 0.926 bits per heavy atom. The summed E-state index contributed by atoms with van der Waals surface area (Å²) in [4.78, 5) is 23.3. The summed E-state index contributed by atoms with van der Waals surface area (Å²) in [6.45, 7) is 0. The van der Waals surface area contributed by atoms with Crippen LogP contribution in [0.15, 0.2) is 57.7 Å². The number of nitrogens with zero attached hydrogens (tertiary/aromatic N) is 3. The lowest BCUT2D eigenvalue weighted by Crippen LogP contribution is -1.90. The number of fused-ring (bicyclic) bond motifs is 2. The van der Waals surface area contributed by atoms with E-state index in [4.69, 9.17) is 0 Å². The van der Waals surface area contributed by atoms with E-state index in [-0.39, 0.29) is 11.4 Å². The number of aryl methyl sites for hydroxylation is 1. The topological polar surface area (TPSA) is 107 Å². The van der Waals surface area contributed by atoms with Gasteiger partial charge < -0.3 is 9.55 Å². The van der Waals surface area contributed by atoms with E-state index in [1.54, 1.807) is 18.3 Å². The Bertz CT molecular complexity index is 1180. The van der Waals surface area contributed by atoms with Crippen LogP contribution in [-0.4, -0.2) is 19.4 Å². The van der Waals surface area contributed by atoms with Crippen molar-refractivity contribution in [1.29, 1.82) is 0 Å². The number of hydrogen-bond donors (Lipinski definition) is 1. The number of H-pyrrole nitrogens is 1. The number of aromatic amines is 1. The number of non-ortho nitro benzene ring substituents is 2. The van der Waals surface area contributed by atoms with Gasteiger partial charge >= 0.3 is 0 Å². The maximum Gasteiger partial charge on any atom is 0.271 e. The second kappa shape index (κ2) is 7.49. The number of nitro groups is 2. The summed E-state index contributed by atoms with van der Waals surface area (Å²) >= 11 is 6.58. The number of rotatable bonds is 2. The van der Waals surface area contributed by atoms with Crippen molar-refractivity contribution in [2.75, 3.05) is 0 Å². The summed E-state index contributed by atoms with van der Waals surface area (Å²) in [7, 11) is 1.90. The molecular weight excluding hydrogens is 484 g/mol. The molecule has 0 unspecified atom stereocenters. The molecule has 0 spiro atoms. The monoisotopic (exact) mass is 494 g/mol. The number of hydrogen-bond acceptors (Lipinski definition) is 4. The Hall–Kier alpha value is -2.72. The van der Waals surface area contributed by atoms with Crippen molar-refractivity contribution >= 4 is 65.0 Å². The van der Waals surface area contributed by atoms with Crippen LogP contribution in [-0.2, 0) is 7.05 Å². The maximum absolute atomic E-state index is 10.6. The first kappa shape index (κ1) is 19.1. The van der Waals surface area contributed by atoms with Crippen LogP contribution in [0, 0.1) is 20.2 Å². The average molecular weight is 496 g/mol. The fraction of sp³-hybridized carbons (Fsp3) is 0.0588. The number of nitrogens with one attached hydrogen (secondary N) is 1. The third kappa shape index (κ3) is 3.86. The van der Waals surface area contributed by atoms with Crippen LogP contribution in [0.3, 0.4) is 0 Å². The highest BCUT2D eigenvalue weighted by Gasteiger charge is 2.12. The van der Waals surface area contributed by atoms with Crippen LogP contribution < -0.4 is 0 Å². The SMILES string of the molecule is Cn1ccc2cc([N+](=O)[O-])cc(Br)c21.O=[N+]([O-])c1cc(Br)c2[nH]ccc2c1. The molecule has 0 saturated carbocycles. The van der Waals surface area contributed by atoms with Gasteiger partial charge in [-0.2, -0.15) is 0 Å². The van der Waals surface area contributed by atoms with Crippen molar-refractivity contribution in [3.05, 3.63) is 78.0 Å². The Morgan fingerprint density at radius 2 is 1.52 bits per heavy atom. The quantitative estimate of drug-likeness (QED) is 0.284. The molecule has 2 heterocycles. The third-order valence-corrected chi connectivity index (χ3v) is 5.16. The largest absolute Gasteiger partial charge is 0.360 e. The van der Waals surface area contributed by atoms with Crippen LogP contribution in [0.2, 0.25) is 0 Å². The van der Waals surface area contributed by atoms with Gasteiger partial charge in [-0.3, -0.25) is 20.2 Å². The molecule has 0 aliphatic rings. The highest BCUT2D eigenvalue weighted by molar-refractivity contribution is 9.11. The van der Waals surface area contributed by atoms with Crippen LogP contribution in [0.1, 0.15) is 0 Å². The van der Waals surface area contributed by atoms with Gasteiger partial charge in [-0.25, -0.2) is 0 Å². The van der Waals surface area contributed by atoms with Gasteiger partial charge in [0.05, 0.1) is 20.9 Å². The summed E-state index contributed by atoms with van der Waals surface area (Å²) < 4.78 is 3.37. The van der Waals surface area contributed by atoms with Crippen LogP contribution in [0.5, 0.6) is 0 Å². The van der Waals surface area contributed by atoms with Gasteiger partial charge in [0.1, 0.15) is 0 Å². The summed E-state index contributed by atoms with van der Waals surface area (Å²) in [5.74, 6) is 0. The fourth-order valence-corrected chi connectivity index (χ4v) is 4.01. The van der Waals surface area contributed by atoms with Crippen molar-refractivity contribution < 1.29 is 9.85 Å². The second-order valence-corrected chi connectivity index (χ2v) is 7.38. The second-order valence-electron chi connectivity index (χ2n) is 5.68. The lowest BCUT2D eigenvalue weighted by molar-refractivity contribution is -0.384. The molecule has 27 heavy (non-hydrogen) atoms. The molecule has 0 atom stereocenters. The first-order valence-electron chi connectivity index (χ1n) is 7.58. The van der Waals surface area contributed by atoms with Crippen LogP contribution >= 0.6 is 31.9 Å². The Morgan fingerprint density at radius 3 is 2.15 bits per heavy atom. The minimum Gasteiger partial charge on any atom is -0.360 e. The molecule has 0 fully saturated rings. The number of aromatic nitrogens is 2. The highest BCUT2D eigenvalue weighted by Crippen LogP contribution is 2.30. The Kier molecular flexibility index (Phi) is 5.29. The molecule has 0 saturated heterocycles. The van der Waals surface area contributed by atoms with Crippen molar-refractivity contribution in [3.63, 3.8) is 0 Å². The van der Waals surface area contributed by atoms with Crippen LogP contribution in [0.4, 0.5) is 11.4 Å². The number of nitro benzene ring substituents is 2. The highest BCUT2D eigenvalue weighted by atomic mass is 79.9. The van der Waals surface area contributed by atoms with Gasteiger partial charge in [0, 0.05) is 63.4 Å². The molecule has 4 rings (SSSR count). The molecule has 2 aromatic carbocycles. The van der Waals surface area contributed by atoms with Crippen molar-refractivity contribution in [2.45, 2.75) is 0 Å².